The summed E-state index contributed by atoms with van der Waals surface area (Å²) in [5, 5.41) is 2.65. The van der Waals surface area contributed by atoms with Crippen molar-refractivity contribution in [3.8, 4) is 0 Å². The molecule has 14 heavy (non-hydrogen) atoms. The molecular formula is C9H14N2O3. The topological polar surface area (TPSA) is 58.6 Å². The van der Waals surface area contributed by atoms with Crippen LogP contribution < -0.4 is 5.32 Å². The molecule has 0 aromatic rings. The first kappa shape index (κ1) is 9.45. The summed E-state index contributed by atoms with van der Waals surface area (Å²) < 4.78 is 5.40. The van der Waals surface area contributed by atoms with E-state index in [1.54, 1.807) is 0 Å². The fourth-order valence-corrected chi connectivity index (χ4v) is 1.81. The van der Waals surface area contributed by atoms with Crippen LogP contribution in [0.25, 0.3) is 0 Å². The first-order chi connectivity index (χ1) is 6.79. The maximum Gasteiger partial charge on any atom is 0.326 e. The quantitative estimate of drug-likeness (QED) is 0.665. The molecule has 2 saturated heterocycles. The highest BCUT2D eigenvalue weighted by Crippen LogP contribution is 2.18. The number of hydrogen-bond donors (Lipinski definition) is 1. The van der Waals surface area contributed by atoms with Gasteiger partial charge in [-0.05, 0) is 19.3 Å². The van der Waals surface area contributed by atoms with Crippen LogP contribution in [0.2, 0.25) is 0 Å². The molecule has 0 aromatic heterocycles. The Labute approximate surface area is 82.4 Å². The van der Waals surface area contributed by atoms with Crippen LogP contribution in [0.1, 0.15) is 25.7 Å². The minimum Gasteiger partial charge on any atom is -0.358 e. The normalized spacial score (nSPS) is 28.9. The van der Waals surface area contributed by atoms with E-state index >= 15 is 0 Å². The highest BCUT2D eigenvalue weighted by molar-refractivity contribution is 5.96. The summed E-state index contributed by atoms with van der Waals surface area (Å²) in [4.78, 5) is 24.1. The first-order valence-corrected chi connectivity index (χ1v) is 5.00. The van der Waals surface area contributed by atoms with Gasteiger partial charge in [-0.3, -0.25) is 4.79 Å². The lowest BCUT2D eigenvalue weighted by atomic mass is 10.1. The average molecular weight is 198 g/mol. The summed E-state index contributed by atoms with van der Waals surface area (Å²) in [6.45, 7) is 1.09. The van der Waals surface area contributed by atoms with Gasteiger partial charge in [-0.1, -0.05) is 0 Å². The smallest absolute Gasteiger partial charge is 0.326 e. The summed E-state index contributed by atoms with van der Waals surface area (Å²) in [6.07, 6.45) is 2.84. The molecule has 2 heterocycles. The molecule has 3 amide bonds. The molecule has 0 bridgehead atoms. The van der Waals surface area contributed by atoms with E-state index in [0.29, 0.717) is 19.6 Å². The predicted molar refractivity (Wildman–Crippen MR) is 48.5 cm³/mol. The average Bonchev–Trinajstić information content (AvgIpc) is 2.19. The zero-order valence-electron chi connectivity index (χ0n) is 7.99. The van der Waals surface area contributed by atoms with Crippen molar-refractivity contribution < 1.29 is 14.3 Å². The molecule has 78 valence electrons. The molecule has 2 aliphatic rings. The predicted octanol–water partition coefficient (Wildman–Crippen LogP) is 0.455. The Morgan fingerprint density at radius 2 is 2.21 bits per heavy atom. The molecule has 1 atom stereocenters. The Bertz CT molecular complexity index is 232. The van der Waals surface area contributed by atoms with E-state index in [1.165, 1.54) is 4.90 Å². The Kier molecular flexibility index (Phi) is 2.67. The molecule has 2 aliphatic heterocycles. The van der Waals surface area contributed by atoms with E-state index in [-0.39, 0.29) is 18.2 Å². The molecule has 1 N–H and O–H groups in total. The number of hydrogen-bond acceptors (Lipinski definition) is 3. The number of nitrogens with zero attached hydrogens (tertiary/aromatic N) is 1. The van der Waals surface area contributed by atoms with Gasteiger partial charge < -0.3 is 10.1 Å². The first-order valence-electron chi connectivity index (χ1n) is 5.00. The fourth-order valence-electron chi connectivity index (χ4n) is 1.81. The minimum absolute atomic E-state index is 0.124. The second kappa shape index (κ2) is 3.96. The molecule has 0 aliphatic carbocycles. The molecule has 0 aromatic carbocycles. The number of nitrogens with one attached hydrogen (secondary N) is 1. The van der Waals surface area contributed by atoms with E-state index in [0.717, 1.165) is 19.3 Å². The van der Waals surface area contributed by atoms with E-state index in [4.69, 9.17) is 4.74 Å². The van der Waals surface area contributed by atoms with Gasteiger partial charge in [0, 0.05) is 19.6 Å². The van der Waals surface area contributed by atoms with Crippen molar-refractivity contribution >= 4 is 11.9 Å². The van der Waals surface area contributed by atoms with Crippen LogP contribution in [-0.2, 0) is 9.53 Å². The van der Waals surface area contributed by atoms with Gasteiger partial charge >= 0.3 is 6.03 Å². The van der Waals surface area contributed by atoms with Crippen molar-refractivity contribution in [2.24, 2.45) is 0 Å². The lowest BCUT2D eigenvalue weighted by molar-refractivity contribution is -0.144. The summed E-state index contributed by atoms with van der Waals surface area (Å²) in [7, 11) is 0. The number of carbonyl (C=O) groups is 2. The van der Waals surface area contributed by atoms with Gasteiger partial charge in [0.05, 0.1) is 0 Å². The van der Waals surface area contributed by atoms with Crippen molar-refractivity contribution in [3.63, 3.8) is 0 Å². The zero-order valence-corrected chi connectivity index (χ0v) is 7.99. The SMILES string of the molecule is O=C1CCNC(=O)N1C1CCCCO1. The van der Waals surface area contributed by atoms with Gasteiger partial charge in [-0.15, -0.1) is 0 Å². The third-order valence-electron chi connectivity index (χ3n) is 2.55. The maximum absolute atomic E-state index is 11.5. The van der Waals surface area contributed by atoms with E-state index in [9.17, 15) is 9.59 Å². The molecule has 1 unspecified atom stereocenters. The Morgan fingerprint density at radius 1 is 1.36 bits per heavy atom. The molecule has 5 nitrogen and oxygen atoms in total. The van der Waals surface area contributed by atoms with E-state index in [1.807, 2.05) is 0 Å². The van der Waals surface area contributed by atoms with Gasteiger partial charge in [-0.2, -0.15) is 0 Å². The second-order valence-electron chi connectivity index (χ2n) is 3.57. The third-order valence-corrected chi connectivity index (χ3v) is 2.55. The largest absolute Gasteiger partial charge is 0.358 e. The van der Waals surface area contributed by atoms with Crippen LogP contribution in [-0.4, -0.2) is 36.2 Å². The number of ether oxygens (including phenoxy) is 1. The molecule has 2 rings (SSSR count). The molecule has 0 radical (unpaired) electrons. The Balaban J connectivity index is 2.05. The summed E-state index contributed by atoms with van der Waals surface area (Å²) in [5.74, 6) is -0.124. The van der Waals surface area contributed by atoms with Crippen LogP contribution in [0.4, 0.5) is 4.79 Å². The van der Waals surface area contributed by atoms with Crippen molar-refractivity contribution in [1.82, 2.24) is 10.2 Å². The molecular weight excluding hydrogens is 184 g/mol. The van der Waals surface area contributed by atoms with Crippen LogP contribution in [0.15, 0.2) is 0 Å². The standard InChI is InChI=1S/C9H14N2O3/c12-7-4-5-10-9(13)11(7)8-3-1-2-6-14-8/h8H,1-6H2,(H,10,13). The van der Waals surface area contributed by atoms with Gasteiger partial charge in [-0.25, -0.2) is 9.69 Å². The molecule has 2 fully saturated rings. The molecule has 0 spiro atoms. The van der Waals surface area contributed by atoms with E-state index < -0.39 is 0 Å². The van der Waals surface area contributed by atoms with Gasteiger partial charge in [0.15, 0.2) is 0 Å². The fraction of sp³-hybridized carbons (Fsp3) is 0.778. The van der Waals surface area contributed by atoms with Crippen molar-refractivity contribution in [3.05, 3.63) is 0 Å². The number of imide groups is 1. The van der Waals surface area contributed by atoms with Crippen LogP contribution >= 0.6 is 0 Å². The monoisotopic (exact) mass is 198 g/mol. The number of urea groups is 1. The zero-order chi connectivity index (χ0) is 9.97. The Morgan fingerprint density at radius 3 is 2.86 bits per heavy atom. The van der Waals surface area contributed by atoms with Crippen LogP contribution in [0, 0.1) is 0 Å². The molecule has 0 saturated carbocycles. The van der Waals surface area contributed by atoms with Gasteiger partial charge in [0.25, 0.3) is 0 Å². The van der Waals surface area contributed by atoms with Crippen LogP contribution in [0.3, 0.4) is 0 Å². The lowest BCUT2D eigenvalue weighted by Gasteiger charge is -2.34. The van der Waals surface area contributed by atoms with E-state index in [2.05, 4.69) is 5.32 Å². The summed E-state index contributed by atoms with van der Waals surface area (Å²) >= 11 is 0. The summed E-state index contributed by atoms with van der Waals surface area (Å²) in [6, 6.07) is -0.312. The Hall–Kier alpha value is -1.10. The highest BCUT2D eigenvalue weighted by atomic mass is 16.5. The number of amides is 3. The van der Waals surface area contributed by atoms with Crippen molar-refractivity contribution in [1.29, 1.82) is 0 Å². The summed E-state index contributed by atoms with van der Waals surface area (Å²) in [5.41, 5.74) is 0. The molecule has 5 heteroatoms. The highest BCUT2D eigenvalue weighted by Gasteiger charge is 2.33. The van der Waals surface area contributed by atoms with Gasteiger partial charge in [0.2, 0.25) is 5.91 Å². The second-order valence-corrected chi connectivity index (χ2v) is 3.57. The van der Waals surface area contributed by atoms with Crippen molar-refractivity contribution in [2.75, 3.05) is 13.2 Å². The number of carbonyl (C=O) groups excluding carboxylic acids is 2. The van der Waals surface area contributed by atoms with Crippen molar-refractivity contribution in [2.45, 2.75) is 31.9 Å². The lowest BCUT2D eigenvalue weighted by Crippen LogP contribution is -2.55. The number of rotatable bonds is 1. The maximum atomic E-state index is 11.5. The minimum atomic E-state index is -0.337. The third kappa shape index (κ3) is 1.72. The van der Waals surface area contributed by atoms with Gasteiger partial charge in [0.1, 0.15) is 6.23 Å². The van der Waals surface area contributed by atoms with Crippen LogP contribution in [0.5, 0.6) is 0 Å².